The van der Waals surface area contributed by atoms with Gasteiger partial charge >= 0.3 is 5.97 Å². The van der Waals surface area contributed by atoms with Gasteiger partial charge in [-0.2, -0.15) is 10.2 Å². The van der Waals surface area contributed by atoms with Gasteiger partial charge in [0.05, 0.1) is 5.92 Å². The lowest BCUT2D eigenvalue weighted by Crippen LogP contribution is -2.49. The summed E-state index contributed by atoms with van der Waals surface area (Å²) in [6.45, 7) is 2.75. The van der Waals surface area contributed by atoms with Gasteiger partial charge in [-0.05, 0) is 13.0 Å². The van der Waals surface area contributed by atoms with Gasteiger partial charge in [-0.15, -0.1) is 12.3 Å². The molecule has 0 radical (unpaired) electrons. The van der Waals surface area contributed by atoms with Crippen LogP contribution in [0.4, 0.5) is 0 Å². The van der Waals surface area contributed by atoms with Crippen molar-refractivity contribution >= 4 is 11.9 Å². The molecule has 1 aromatic heterocycles. The van der Waals surface area contributed by atoms with Crippen LogP contribution in [0.5, 0.6) is 0 Å². The van der Waals surface area contributed by atoms with E-state index in [9.17, 15) is 9.59 Å². The average Bonchev–Trinajstić information content (AvgIpc) is 3.29. The third-order valence-corrected chi connectivity index (χ3v) is 4.48. The number of aryl methyl sites for hydroxylation is 1. The van der Waals surface area contributed by atoms with Gasteiger partial charge in [0.1, 0.15) is 5.82 Å². The minimum absolute atomic E-state index is 0.0142. The molecule has 3 rings (SSSR count). The van der Waals surface area contributed by atoms with Crippen molar-refractivity contribution < 1.29 is 14.7 Å². The van der Waals surface area contributed by atoms with Crippen LogP contribution < -0.4 is 0 Å². The quantitative estimate of drug-likeness (QED) is 0.760. The van der Waals surface area contributed by atoms with E-state index in [0.29, 0.717) is 50.3 Å². The predicted octanol–water partition coefficient (Wildman–Crippen LogP) is 1.76. The van der Waals surface area contributed by atoms with E-state index in [1.54, 1.807) is 11.8 Å². The van der Waals surface area contributed by atoms with E-state index in [4.69, 9.17) is 11.5 Å². The van der Waals surface area contributed by atoms with Gasteiger partial charge in [0.25, 0.3) is 0 Å². The molecule has 0 atom stereocenters. The number of aromatic nitrogens is 2. The largest absolute Gasteiger partial charge is 0.477 e. The van der Waals surface area contributed by atoms with E-state index < -0.39 is 11.6 Å². The maximum atomic E-state index is 12.3. The molecule has 0 aliphatic carbocycles. The van der Waals surface area contributed by atoms with Gasteiger partial charge in [0, 0.05) is 44.5 Å². The molecule has 1 N–H and O–H groups in total. The molecule has 3 heterocycles. The highest BCUT2D eigenvalue weighted by Gasteiger charge is 2.41. The fourth-order valence-corrected chi connectivity index (χ4v) is 2.86. The van der Waals surface area contributed by atoms with Crippen LogP contribution in [0.25, 0.3) is 0 Å². The Hall–Kier alpha value is -2.82. The van der Waals surface area contributed by atoms with Crippen molar-refractivity contribution in [3.63, 3.8) is 0 Å². The lowest BCUT2D eigenvalue weighted by Gasteiger charge is -2.38. The molecule has 1 aromatic rings. The zero-order chi connectivity index (χ0) is 18.0. The summed E-state index contributed by atoms with van der Waals surface area (Å²) >= 11 is 0. The molecule has 0 spiro atoms. The number of rotatable bonds is 7. The van der Waals surface area contributed by atoms with Crippen LogP contribution in [0.3, 0.4) is 0 Å². The Morgan fingerprint density at radius 1 is 1.36 bits per heavy atom. The van der Waals surface area contributed by atoms with E-state index in [1.165, 1.54) is 6.07 Å². The lowest BCUT2D eigenvalue weighted by atomic mass is 9.96. The Morgan fingerprint density at radius 3 is 2.68 bits per heavy atom. The summed E-state index contributed by atoms with van der Waals surface area (Å²) in [5.74, 6) is 2.00. The van der Waals surface area contributed by atoms with E-state index in [0.717, 1.165) is 0 Å². The summed E-state index contributed by atoms with van der Waals surface area (Å²) in [6.07, 6.45) is 7.50. The Labute approximate surface area is 145 Å². The number of carboxylic acid groups (broad SMARTS) is 1. The van der Waals surface area contributed by atoms with E-state index >= 15 is 0 Å². The minimum Gasteiger partial charge on any atom is -0.477 e. The second-order valence-corrected chi connectivity index (χ2v) is 6.44. The molecule has 1 fully saturated rings. The second-order valence-electron chi connectivity index (χ2n) is 6.44. The molecule has 8 nitrogen and oxygen atoms in total. The number of hydrogen-bond donors (Lipinski definition) is 1. The monoisotopic (exact) mass is 341 g/mol. The van der Waals surface area contributed by atoms with Gasteiger partial charge < -0.3 is 10.0 Å². The number of carbonyl (C=O) groups excluding carboxylic acids is 1. The number of carbonyl (C=O) groups is 2. The molecule has 130 valence electrons. The molecule has 8 heteroatoms. The predicted molar refractivity (Wildman–Crippen MR) is 87.9 cm³/mol. The highest BCUT2D eigenvalue weighted by Crippen LogP contribution is 2.38. The maximum Gasteiger partial charge on any atom is 0.354 e. The van der Waals surface area contributed by atoms with Crippen molar-refractivity contribution in [2.45, 2.75) is 44.2 Å². The second kappa shape index (κ2) is 6.59. The van der Waals surface area contributed by atoms with Crippen LogP contribution in [0.2, 0.25) is 0 Å². The number of nitrogens with zero attached hydrogens (tertiary/aromatic N) is 5. The zero-order valence-corrected chi connectivity index (χ0v) is 14.0. The number of hydrogen-bond acceptors (Lipinski definition) is 6. The van der Waals surface area contributed by atoms with E-state index in [2.05, 4.69) is 26.1 Å². The van der Waals surface area contributed by atoms with Crippen LogP contribution >= 0.6 is 0 Å². The summed E-state index contributed by atoms with van der Waals surface area (Å²) in [6, 6.07) is 1.44. The first-order valence-electron chi connectivity index (χ1n) is 8.16. The van der Waals surface area contributed by atoms with Crippen molar-refractivity contribution in [2.24, 2.45) is 10.2 Å². The lowest BCUT2D eigenvalue weighted by molar-refractivity contribution is -0.136. The molecule has 2 aliphatic rings. The first kappa shape index (κ1) is 17.0. The Bertz CT molecular complexity index is 771. The third-order valence-electron chi connectivity index (χ3n) is 4.48. The highest BCUT2D eigenvalue weighted by molar-refractivity contribution is 5.85. The van der Waals surface area contributed by atoms with Crippen molar-refractivity contribution in [3.05, 3.63) is 23.3 Å². The SMILES string of the molecule is C#CCCC1(CCC(=O)N2CC(c3nc(C)cc(C(=O)O)n3)C2)N=N1. The average molecular weight is 341 g/mol. The van der Waals surface area contributed by atoms with Gasteiger partial charge in [-0.1, -0.05) is 0 Å². The summed E-state index contributed by atoms with van der Waals surface area (Å²) in [4.78, 5) is 33.5. The van der Waals surface area contributed by atoms with Crippen LogP contribution in [0.1, 0.15) is 53.6 Å². The Morgan fingerprint density at radius 2 is 2.08 bits per heavy atom. The van der Waals surface area contributed by atoms with Crippen LogP contribution in [0.15, 0.2) is 16.3 Å². The van der Waals surface area contributed by atoms with Crippen molar-refractivity contribution in [2.75, 3.05) is 13.1 Å². The zero-order valence-electron chi connectivity index (χ0n) is 14.0. The van der Waals surface area contributed by atoms with Crippen molar-refractivity contribution in [1.29, 1.82) is 0 Å². The summed E-state index contributed by atoms with van der Waals surface area (Å²) in [5, 5.41) is 17.1. The summed E-state index contributed by atoms with van der Waals surface area (Å²) in [7, 11) is 0. The van der Waals surface area contributed by atoms with Crippen molar-refractivity contribution in [3.8, 4) is 12.3 Å². The Kier molecular flexibility index (Phi) is 4.49. The number of amides is 1. The van der Waals surface area contributed by atoms with Gasteiger partial charge in [-0.25, -0.2) is 14.8 Å². The smallest absolute Gasteiger partial charge is 0.354 e. The van der Waals surface area contributed by atoms with Crippen LogP contribution in [0, 0.1) is 19.3 Å². The molecule has 0 saturated carbocycles. The molecular formula is C17H19N5O3. The maximum absolute atomic E-state index is 12.3. The third kappa shape index (κ3) is 3.82. The molecule has 2 aliphatic heterocycles. The van der Waals surface area contributed by atoms with E-state index in [1.807, 2.05) is 0 Å². The van der Waals surface area contributed by atoms with Crippen LogP contribution in [-0.2, 0) is 4.79 Å². The fourth-order valence-electron chi connectivity index (χ4n) is 2.86. The molecule has 1 amide bonds. The van der Waals surface area contributed by atoms with Gasteiger partial charge in [0.15, 0.2) is 11.4 Å². The first-order valence-corrected chi connectivity index (χ1v) is 8.16. The first-order chi connectivity index (χ1) is 11.9. The molecular weight excluding hydrogens is 322 g/mol. The van der Waals surface area contributed by atoms with E-state index in [-0.39, 0.29) is 17.5 Å². The molecule has 0 bridgehead atoms. The number of likely N-dealkylation sites (tertiary alicyclic amines) is 1. The minimum atomic E-state index is -1.08. The van der Waals surface area contributed by atoms with Crippen molar-refractivity contribution in [1.82, 2.24) is 14.9 Å². The van der Waals surface area contributed by atoms with Crippen LogP contribution in [-0.4, -0.2) is 50.6 Å². The van der Waals surface area contributed by atoms with Gasteiger partial charge in [-0.3, -0.25) is 4.79 Å². The molecule has 25 heavy (non-hydrogen) atoms. The number of aromatic carboxylic acids is 1. The molecule has 1 saturated heterocycles. The summed E-state index contributed by atoms with van der Waals surface area (Å²) in [5.41, 5.74) is 0.154. The Balaban J connectivity index is 1.50. The number of terminal acetylenes is 1. The highest BCUT2D eigenvalue weighted by atomic mass is 16.4. The summed E-state index contributed by atoms with van der Waals surface area (Å²) < 4.78 is 0. The molecule has 0 unspecified atom stereocenters. The topological polar surface area (TPSA) is 108 Å². The van der Waals surface area contributed by atoms with Gasteiger partial charge in [0.2, 0.25) is 5.91 Å². The fraction of sp³-hybridized carbons (Fsp3) is 0.529. The normalized spacial score (nSPS) is 17.7. The standard InChI is InChI=1S/C17H19N5O3/c1-3-4-6-17(20-21-17)7-5-14(23)22-9-12(10-22)15-18-11(2)8-13(19-15)16(24)25/h1,8,12H,4-7,9-10H2,2H3,(H,24,25). The molecule has 0 aromatic carbocycles. The number of carboxylic acids is 1.